The molecule has 2 aromatic carbocycles. The van der Waals surface area contributed by atoms with Crippen LogP contribution in [-0.2, 0) is 0 Å². The van der Waals surface area contributed by atoms with Crippen molar-refractivity contribution in [3.63, 3.8) is 0 Å². The number of phenols is 2. The van der Waals surface area contributed by atoms with Gasteiger partial charge in [-0.15, -0.1) is 0 Å². The molecule has 0 saturated carbocycles. The topological polar surface area (TPSA) is 65.2 Å². The molecule has 0 aliphatic rings. The summed E-state index contributed by atoms with van der Waals surface area (Å²) in [4.78, 5) is 7.41. The lowest BCUT2D eigenvalue weighted by molar-refractivity contribution is 0.477. The van der Waals surface area contributed by atoms with Crippen LogP contribution in [0.4, 0.5) is 11.4 Å². The van der Waals surface area contributed by atoms with Crippen LogP contribution in [0.2, 0.25) is 0 Å². The Morgan fingerprint density at radius 2 is 1.33 bits per heavy atom. The molecule has 2 N–H and O–H groups in total. The molecule has 0 spiro atoms. The second-order valence-electron chi connectivity index (χ2n) is 3.72. The van der Waals surface area contributed by atoms with Gasteiger partial charge >= 0.3 is 0 Å². The van der Waals surface area contributed by atoms with E-state index in [1.807, 2.05) is 6.07 Å². The summed E-state index contributed by atoms with van der Waals surface area (Å²) < 4.78 is 0. The van der Waals surface area contributed by atoms with E-state index in [0.717, 1.165) is 11.1 Å². The quantitative estimate of drug-likeness (QED) is 0.807. The van der Waals surface area contributed by atoms with Crippen LogP contribution in [-0.4, -0.2) is 23.6 Å². The molecule has 0 fully saturated rings. The van der Waals surface area contributed by atoms with Crippen molar-refractivity contribution in [3.05, 3.63) is 36.4 Å². The third-order valence-corrected chi connectivity index (χ3v) is 2.62. The number of benzene rings is 2. The lowest BCUT2D eigenvalue weighted by Crippen LogP contribution is -1.79. The third-order valence-electron chi connectivity index (χ3n) is 2.62. The zero-order chi connectivity index (χ0) is 13.1. The molecule has 0 amide bonds. The van der Waals surface area contributed by atoms with Crippen molar-refractivity contribution in [1.29, 1.82) is 0 Å². The second-order valence-corrected chi connectivity index (χ2v) is 3.72. The molecule has 0 aromatic heterocycles. The molecule has 90 valence electrons. The van der Waals surface area contributed by atoms with Gasteiger partial charge in [-0.25, -0.2) is 0 Å². The molecule has 4 heteroatoms. The highest BCUT2D eigenvalue weighted by Crippen LogP contribution is 2.35. The number of aliphatic imine (C=N–C) groups is 2. The Balaban J connectivity index is 2.51. The van der Waals surface area contributed by atoms with Crippen molar-refractivity contribution >= 4 is 24.8 Å². The van der Waals surface area contributed by atoms with Crippen LogP contribution < -0.4 is 0 Å². The first kappa shape index (κ1) is 11.9. The van der Waals surface area contributed by atoms with Gasteiger partial charge in [0.05, 0.1) is 0 Å². The lowest BCUT2D eigenvalue weighted by Gasteiger charge is -2.06. The van der Waals surface area contributed by atoms with E-state index in [-0.39, 0.29) is 11.5 Å². The van der Waals surface area contributed by atoms with Crippen molar-refractivity contribution in [2.24, 2.45) is 9.98 Å². The summed E-state index contributed by atoms with van der Waals surface area (Å²) in [6, 6.07) is 10.0. The summed E-state index contributed by atoms with van der Waals surface area (Å²) in [5.41, 5.74) is 2.45. The minimum atomic E-state index is 0.0590. The van der Waals surface area contributed by atoms with Crippen LogP contribution in [0.5, 0.6) is 11.5 Å². The minimum absolute atomic E-state index is 0.0590. The van der Waals surface area contributed by atoms with Crippen LogP contribution >= 0.6 is 0 Å². The molecule has 0 aliphatic carbocycles. The molecule has 18 heavy (non-hydrogen) atoms. The second kappa shape index (κ2) is 4.71. The molecule has 4 nitrogen and oxygen atoms in total. The fourth-order valence-electron chi connectivity index (χ4n) is 1.67. The SMILES string of the molecule is C=Nc1ccc(-c2ccc(O)c(N=C)c2)cc1O. The predicted octanol–water partition coefficient (Wildman–Crippen LogP) is 3.43. The molecule has 2 aromatic rings. The van der Waals surface area contributed by atoms with Crippen molar-refractivity contribution < 1.29 is 10.2 Å². The first-order chi connectivity index (χ1) is 8.65. The van der Waals surface area contributed by atoms with Gasteiger partial charge in [0.1, 0.15) is 22.9 Å². The van der Waals surface area contributed by atoms with Gasteiger partial charge < -0.3 is 10.2 Å². The van der Waals surface area contributed by atoms with E-state index in [0.29, 0.717) is 11.4 Å². The fraction of sp³-hybridized carbons (Fsp3) is 0. The van der Waals surface area contributed by atoms with Gasteiger partial charge in [0.25, 0.3) is 0 Å². The van der Waals surface area contributed by atoms with Crippen LogP contribution in [0.3, 0.4) is 0 Å². The zero-order valence-corrected chi connectivity index (χ0v) is 9.67. The van der Waals surface area contributed by atoms with Crippen LogP contribution in [0.15, 0.2) is 46.4 Å². The van der Waals surface area contributed by atoms with Gasteiger partial charge in [-0.3, -0.25) is 9.98 Å². The summed E-state index contributed by atoms with van der Waals surface area (Å²) >= 11 is 0. The Kier molecular flexibility index (Phi) is 3.10. The molecule has 0 aliphatic heterocycles. The monoisotopic (exact) mass is 240 g/mol. The number of rotatable bonds is 3. The van der Waals surface area contributed by atoms with Gasteiger partial charge in [0, 0.05) is 0 Å². The molecule has 0 unspecified atom stereocenters. The molecule has 0 atom stereocenters. The van der Waals surface area contributed by atoms with Crippen LogP contribution in [0, 0.1) is 0 Å². The first-order valence-electron chi connectivity index (χ1n) is 5.25. The fourth-order valence-corrected chi connectivity index (χ4v) is 1.67. The molecular weight excluding hydrogens is 228 g/mol. The third kappa shape index (κ3) is 2.08. The number of nitrogens with zero attached hydrogens (tertiary/aromatic N) is 2. The highest BCUT2D eigenvalue weighted by atomic mass is 16.3. The van der Waals surface area contributed by atoms with Crippen LogP contribution in [0.25, 0.3) is 11.1 Å². The largest absolute Gasteiger partial charge is 0.506 e. The summed E-state index contributed by atoms with van der Waals surface area (Å²) in [7, 11) is 0. The van der Waals surface area contributed by atoms with Crippen molar-refractivity contribution in [1.82, 2.24) is 0 Å². The summed E-state index contributed by atoms with van der Waals surface area (Å²) in [6.07, 6.45) is 0. The van der Waals surface area contributed by atoms with E-state index in [1.54, 1.807) is 24.3 Å². The number of hydrogen-bond acceptors (Lipinski definition) is 4. The van der Waals surface area contributed by atoms with E-state index >= 15 is 0 Å². The molecule has 0 heterocycles. The van der Waals surface area contributed by atoms with E-state index in [9.17, 15) is 10.2 Å². The van der Waals surface area contributed by atoms with Gasteiger partial charge in [-0.1, -0.05) is 12.1 Å². The minimum Gasteiger partial charge on any atom is -0.506 e. The van der Waals surface area contributed by atoms with Crippen LogP contribution in [0.1, 0.15) is 0 Å². The zero-order valence-electron chi connectivity index (χ0n) is 9.67. The Hall–Kier alpha value is -2.62. The van der Waals surface area contributed by atoms with E-state index in [1.165, 1.54) is 6.07 Å². The standard InChI is InChI=1S/C14H12N2O2/c1-15-11-5-3-10(8-14(11)18)9-4-6-13(17)12(7-9)16-2/h3-8,17-18H,1-2H2. The average molecular weight is 240 g/mol. The van der Waals surface area contributed by atoms with E-state index in [4.69, 9.17) is 0 Å². The average Bonchev–Trinajstić information content (AvgIpc) is 2.39. The number of hydrogen-bond donors (Lipinski definition) is 2. The Labute approximate surface area is 105 Å². The van der Waals surface area contributed by atoms with Crippen molar-refractivity contribution in [2.45, 2.75) is 0 Å². The van der Waals surface area contributed by atoms with Crippen molar-refractivity contribution in [2.75, 3.05) is 0 Å². The van der Waals surface area contributed by atoms with Crippen molar-refractivity contribution in [3.8, 4) is 22.6 Å². The summed E-state index contributed by atoms with van der Waals surface area (Å²) in [5, 5.41) is 19.2. The van der Waals surface area contributed by atoms with Gasteiger partial charge in [-0.2, -0.15) is 0 Å². The maximum Gasteiger partial charge on any atom is 0.141 e. The Morgan fingerprint density at radius 1 is 0.722 bits per heavy atom. The summed E-state index contributed by atoms with van der Waals surface area (Å²) in [5.74, 6) is 0.131. The molecule has 0 bridgehead atoms. The molecule has 0 radical (unpaired) electrons. The summed E-state index contributed by atoms with van der Waals surface area (Å²) in [6.45, 7) is 6.76. The number of phenolic OH excluding ortho intramolecular Hbond substituents is 2. The van der Waals surface area contributed by atoms with E-state index in [2.05, 4.69) is 23.4 Å². The van der Waals surface area contributed by atoms with Gasteiger partial charge in [0.2, 0.25) is 0 Å². The highest BCUT2D eigenvalue weighted by Gasteiger charge is 2.06. The Bertz CT molecular complexity index is 621. The number of aromatic hydroxyl groups is 2. The predicted molar refractivity (Wildman–Crippen MR) is 73.6 cm³/mol. The Morgan fingerprint density at radius 3 is 1.94 bits per heavy atom. The van der Waals surface area contributed by atoms with E-state index < -0.39 is 0 Å². The maximum atomic E-state index is 9.71. The molecular formula is C14H12N2O2. The highest BCUT2D eigenvalue weighted by molar-refractivity contribution is 5.74. The normalized spacial score (nSPS) is 10.0. The van der Waals surface area contributed by atoms with Gasteiger partial charge in [-0.05, 0) is 48.8 Å². The molecule has 2 rings (SSSR count). The van der Waals surface area contributed by atoms with Gasteiger partial charge in [0.15, 0.2) is 0 Å². The first-order valence-corrected chi connectivity index (χ1v) is 5.25. The smallest absolute Gasteiger partial charge is 0.141 e. The maximum absolute atomic E-state index is 9.71. The molecule has 0 saturated heterocycles. The lowest BCUT2D eigenvalue weighted by atomic mass is 10.0.